The second kappa shape index (κ2) is 25.3. The number of hydrogen-bond acceptors (Lipinski definition) is 13. The molecule has 0 radical (unpaired) electrons. The second-order valence-electron chi connectivity index (χ2n) is 19.3. The minimum Gasteiger partial charge on any atom is -0.497 e. The molecule has 2 aliphatic heterocycles. The van der Waals surface area contributed by atoms with E-state index in [-0.39, 0.29) is 42.1 Å². The topological polar surface area (TPSA) is 170 Å². The number of benzene rings is 7. The Kier molecular flexibility index (Phi) is 17.2. The fourth-order valence-electron chi connectivity index (χ4n) is 9.88. The first kappa shape index (κ1) is 55.1. The number of aromatic nitrogens is 1. The molecule has 10 rings (SSSR count). The zero-order chi connectivity index (χ0) is 56.2. The smallest absolute Gasteiger partial charge is 0.407 e. The number of methoxy groups -OCH3 is 1. The molecular weight excluding hydrogens is 1060 g/mol. The lowest BCUT2D eigenvalue weighted by Crippen LogP contribution is -2.71. The van der Waals surface area contributed by atoms with Crippen LogP contribution >= 0.6 is 23.1 Å². The SMILES string of the molecule is COc1ccc(COC(=O)C2=C(/C=C\COC(=O)NC(C)C)CS[C@H]3C(NC(=O)/C(=N\OC(c4ccccc4)(c4ccccc4)c4ccccc4)c4csc(NC(c5ccccc5)(c5ccccc5)c5ccccc5)n4)C(=O)N23)cc1. The van der Waals surface area contributed by atoms with Crippen LogP contribution in [-0.2, 0) is 46.4 Å². The van der Waals surface area contributed by atoms with Gasteiger partial charge in [-0.25, -0.2) is 14.6 Å². The summed E-state index contributed by atoms with van der Waals surface area (Å²) in [6.45, 7) is 3.45. The summed E-state index contributed by atoms with van der Waals surface area (Å²) in [6.07, 6.45) is 2.65. The van der Waals surface area contributed by atoms with Gasteiger partial charge in [0.1, 0.15) is 47.3 Å². The summed E-state index contributed by atoms with van der Waals surface area (Å²) in [6, 6.07) is 65.1. The summed E-state index contributed by atoms with van der Waals surface area (Å²) >= 11 is 2.64. The molecule has 3 amide bonds. The van der Waals surface area contributed by atoms with E-state index >= 15 is 4.79 Å². The Morgan fingerprint density at radius 3 is 1.70 bits per heavy atom. The highest BCUT2D eigenvalue weighted by atomic mass is 32.2. The summed E-state index contributed by atoms with van der Waals surface area (Å²) in [5, 5.41) is 15.8. The normalized spacial score (nSPS) is 15.3. The van der Waals surface area contributed by atoms with E-state index in [1.165, 1.54) is 28.0 Å². The molecule has 16 heteroatoms. The van der Waals surface area contributed by atoms with Crippen LogP contribution in [0.1, 0.15) is 58.5 Å². The van der Waals surface area contributed by atoms with E-state index in [9.17, 15) is 14.4 Å². The molecule has 1 saturated heterocycles. The monoisotopic (exact) mass is 1110 g/mol. The van der Waals surface area contributed by atoms with Crippen molar-refractivity contribution < 1.29 is 38.2 Å². The molecule has 0 saturated carbocycles. The number of nitrogens with zero attached hydrogens (tertiary/aromatic N) is 3. The van der Waals surface area contributed by atoms with Crippen LogP contribution in [0.2, 0.25) is 0 Å². The first-order valence-electron chi connectivity index (χ1n) is 26.3. The lowest BCUT2D eigenvalue weighted by Gasteiger charge is -2.49. The van der Waals surface area contributed by atoms with E-state index in [1.54, 1.807) is 48.9 Å². The van der Waals surface area contributed by atoms with E-state index in [2.05, 4.69) is 52.3 Å². The Hall–Kier alpha value is -9.25. The van der Waals surface area contributed by atoms with Crippen molar-refractivity contribution in [2.24, 2.45) is 5.16 Å². The summed E-state index contributed by atoms with van der Waals surface area (Å²) in [5.74, 6) is -1.16. The summed E-state index contributed by atoms with van der Waals surface area (Å²) in [5.41, 5.74) is 3.85. The number of nitrogens with one attached hydrogen (secondary N) is 3. The average molecular weight is 1120 g/mol. The highest BCUT2D eigenvalue weighted by Gasteiger charge is 2.55. The van der Waals surface area contributed by atoms with Crippen molar-refractivity contribution in [3.05, 3.63) is 280 Å². The molecule has 0 bridgehead atoms. The summed E-state index contributed by atoms with van der Waals surface area (Å²) < 4.78 is 16.5. The number of hydrogen-bond donors (Lipinski definition) is 3. The number of thiazole rings is 1. The molecule has 7 aromatic carbocycles. The van der Waals surface area contributed by atoms with Gasteiger partial charge in [0.25, 0.3) is 11.8 Å². The molecule has 2 atom stereocenters. The number of β-lactam (4-membered cyclic amide) rings is 1. The maximum Gasteiger partial charge on any atom is 0.407 e. The van der Waals surface area contributed by atoms with Crippen LogP contribution in [0.25, 0.3) is 0 Å². The van der Waals surface area contributed by atoms with Crippen molar-refractivity contribution in [1.29, 1.82) is 0 Å². The van der Waals surface area contributed by atoms with Crippen molar-refractivity contribution in [1.82, 2.24) is 20.5 Å². The van der Waals surface area contributed by atoms with E-state index in [1.807, 2.05) is 159 Å². The zero-order valence-corrected chi connectivity index (χ0v) is 46.3. The van der Waals surface area contributed by atoms with Crippen molar-refractivity contribution in [2.75, 3.05) is 24.8 Å². The average Bonchev–Trinajstić information content (AvgIpc) is 3.98. The van der Waals surface area contributed by atoms with Crippen molar-refractivity contribution >= 4 is 57.8 Å². The Morgan fingerprint density at radius 1 is 0.704 bits per heavy atom. The van der Waals surface area contributed by atoms with Gasteiger partial charge >= 0.3 is 12.1 Å². The van der Waals surface area contributed by atoms with Gasteiger partial charge in [0.05, 0.1) is 7.11 Å². The molecule has 3 heterocycles. The molecule has 14 nitrogen and oxygen atoms in total. The Bertz CT molecular complexity index is 3360. The van der Waals surface area contributed by atoms with E-state index < -0.39 is 46.4 Å². The van der Waals surface area contributed by atoms with Gasteiger partial charge in [-0.2, -0.15) is 0 Å². The van der Waals surface area contributed by atoms with Crippen molar-refractivity contribution in [3.8, 4) is 5.75 Å². The van der Waals surface area contributed by atoms with Gasteiger partial charge in [-0.05, 0) is 59.9 Å². The number of ether oxygens (including phenoxy) is 3. The van der Waals surface area contributed by atoms with Gasteiger partial charge in [-0.3, -0.25) is 14.5 Å². The van der Waals surface area contributed by atoms with Gasteiger partial charge in [-0.1, -0.05) is 205 Å². The van der Waals surface area contributed by atoms with Crippen LogP contribution in [0.4, 0.5) is 9.93 Å². The standard InChI is InChI=1S/C65H58N6O8S2/c1-44(2)66-63(75)77-40-22-23-46-42-80-60-56(59(73)71(60)57(46)61(74)78-41-45-36-38-53(76-3)39-37-45)68-58(72)55(70-79-65(50-30-16-7-17-31-50,51-32-18-8-19-33-51)52-34-20-9-21-35-52)54-43-81-62(67-54)69-64(47-24-10-4-11-25-47,48-26-12-5-13-27-48)49-28-14-6-15-29-49/h4-39,43-44,56,60H,40-42H2,1-3H3,(H,66,75)(H,67,69)(H,68,72)/b23-22-,70-55-/t56?,60-/m0/s1. The van der Waals surface area contributed by atoms with E-state index in [0.29, 0.717) is 22.0 Å². The zero-order valence-electron chi connectivity index (χ0n) is 44.6. The first-order chi connectivity index (χ1) is 39.6. The largest absolute Gasteiger partial charge is 0.497 e. The third-order valence-corrected chi connectivity index (χ3v) is 15.8. The molecule has 2 aliphatic rings. The highest BCUT2D eigenvalue weighted by molar-refractivity contribution is 8.00. The number of amides is 3. The Labute approximate surface area is 478 Å². The lowest BCUT2D eigenvalue weighted by molar-refractivity contribution is -0.153. The number of carbonyl (C=O) groups excluding carboxylic acids is 4. The predicted octanol–water partition coefficient (Wildman–Crippen LogP) is 11.4. The van der Waals surface area contributed by atoms with Gasteiger partial charge in [0, 0.05) is 33.9 Å². The van der Waals surface area contributed by atoms with Gasteiger partial charge < -0.3 is 35.0 Å². The Morgan fingerprint density at radius 2 is 1.21 bits per heavy atom. The van der Waals surface area contributed by atoms with Gasteiger partial charge in [-0.15, -0.1) is 23.1 Å². The molecule has 1 fully saturated rings. The minimum atomic E-state index is -1.39. The van der Waals surface area contributed by atoms with Crippen LogP contribution in [0.3, 0.4) is 0 Å². The van der Waals surface area contributed by atoms with E-state index in [4.69, 9.17) is 29.2 Å². The maximum atomic E-state index is 15.4. The fourth-order valence-corrected chi connectivity index (χ4v) is 11.9. The number of fused-ring (bicyclic) bond motifs is 1. The number of carbonyl (C=O) groups is 4. The number of rotatable bonds is 21. The maximum absolute atomic E-state index is 15.4. The Balaban J connectivity index is 1.03. The minimum absolute atomic E-state index is 0.00943. The summed E-state index contributed by atoms with van der Waals surface area (Å²) in [4.78, 5) is 70.1. The quantitative estimate of drug-likeness (QED) is 0.0206. The number of oxime groups is 1. The number of anilines is 1. The second-order valence-corrected chi connectivity index (χ2v) is 21.2. The molecule has 0 aliphatic carbocycles. The lowest BCUT2D eigenvalue weighted by atomic mass is 9.77. The van der Waals surface area contributed by atoms with Crippen molar-refractivity contribution in [2.45, 2.75) is 49.1 Å². The molecule has 81 heavy (non-hydrogen) atoms. The van der Waals surface area contributed by atoms with Crippen LogP contribution in [0, 0.1) is 0 Å². The molecule has 8 aromatic rings. The van der Waals surface area contributed by atoms with Crippen LogP contribution in [0.5, 0.6) is 5.75 Å². The van der Waals surface area contributed by atoms with E-state index in [0.717, 1.165) is 33.4 Å². The molecule has 0 spiro atoms. The highest BCUT2D eigenvalue weighted by Crippen LogP contribution is 2.44. The molecule has 1 unspecified atom stereocenters. The number of allylic oxidation sites excluding steroid dienone is 1. The number of thioether (sulfide) groups is 1. The fraction of sp³-hybridized carbons (Fsp3) is 0.169. The first-order valence-corrected chi connectivity index (χ1v) is 28.2. The number of alkyl carbamates (subject to hydrolysis) is 1. The summed E-state index contributed by atoms with van der Waals surface area (Å²) in [7, 11) is 1.56. The number of esters is 1. The van der Waals surface area contributed by atoms with Crippen molar-refractivity contribution in [3.63, 3.8) is 0 Å². The molecule has 408 valence electrons. The van der Waals surface area contributed by atoms with Gasteiger partial charge in [0.15, 0.2) is 10.8 Å². The third-order valence-electron chi connectivity index (χ3n) is 13.7. The van der Waals surface area contributed by atoms with Gasteiger partial charge in [0.2, 0.25) is 5.60 Å². The molecular formula is C65H58N6O8S2. The van der Waals surface area contributed by atoms with Crippen LogP contribution in [-0.4, -0.2) is 76.4 Å². The third kappa shape index (κ3) is 11.9. The van der Waals surface area contributed by atoms with Crippen LogP contribution < -0.4 is 20.7 Å². The van der Waals surface area contributed by atoms with Crippen LogP contribution in [0.15, 0.2) is 240 Å². The predicted molar refractivity (Wildman–Crippen MR) is 315 cm³/mol. The molecule has 1 aromatic heterocycles. The molecule has 3 N–H and O–H groups in total.